The maximum absolute atomic E-state index is 12.8. The van der Waals surface area contributed by atoms with E-state index in [9.17, 15) is 14.3 Å². The number of hydrogen-bond donors (Lipinski definition) is 1. The minimum absolute atomic E-state index is 0.342. The number of halogens is 1. The van der Waals surface area contributed by atoms with Crippen LogP contribution in [-0.4, -0.2) is 11.4 Å². The fourth-order valence-electron chi connectivity index (χ4n) is 1.03. The summed E-state index contributed by atoms with van der Waals surface area (Å²) < 4.78 is 12.8. The Morgan fingerprint density at radius 1 is 1.54 bits per heavy atom. The van der Waals surface area contributed by atoms with Gasteiger partial charge in [-0.15, -0.1) is 0 Å². The SMILES string of the molecule is Cc1cc(C(C)(O)C=O)ccc1F. The molecule has 1 atom stereocenters. The molecule has 0 aliphatic heterocycles. The van der Waals surface area contributed by atoms with Gasteiger partial charge in [-0.05, 0) is 37.1 Å². The van der Waals surface area contributed by atoms with Gasteiger partial charge in [0.1, 0.15) is 11.4 Å². The van der Waals surface area contributed by atoms with Crippen LogP contribution in [0.2, 0.25) is 0 Å². The van der Waals surface area contributed by atoms with E-state index in [-0.39, 0.29) is 5.82 Å². The molecule has 3 heteroatoms. The van der Waals surface area contributed by atoms with Crippen LogP contribution in [0.4, 0.5) is 4.39 Å². The van der Waals surface area contributed by atoms with Crippen molar-refractivity contribution in [2.45, 2.75) is 19.4 Å². The largest absolute Gasteiger partial charge is 0.378 e. The Bertz CT molecular complexity index is 332. The average molecular weight is 182 g/mol. The molecule has 0 bridgehead atoms. The van der Waals surface area contributed by atoms with E-state index in [1.165, 1.54) is 25.1 Å². The number of rotatable bonds is 2. The monoisotopic (exact) mass is 182 g/mol. The summed E-state index contributed by atoms with van der Waals surface area (Å²) >= 11 is 0. The van der Waals surface area contributed by atoms with Gasteiger partial charge in [0.05, 0.1) is 0 Å². The van der Waals surface area contributed by atoms with Gasteiger partial charge >= 0.3 is 0 Å². The number of aryl methyl sites for hydroxylation is 1. The van der Waals surface area contributed by atoms with Crippen molar-refractivity contribution in [3.8, 4) is 0 Å². The Balaban J connectivity index is 3.18. The zero-order chi connectivity index (χ0) is 10.1. The average Bonchev–Trinajstić information content (AvgIpc) is 2.09. The molecule has 1 N–H and O–H groups in total. The molecule has 0 fully saturated rings. The molecule has 13 heavy (non-hydrogen) atoms. The highest BCUT2D eigenvalue weighted by Crippen LogP contribution is 2.20. The lowest BCUT2D eigenvalue weighted by molar-refractivity contribution is -0.123. The fourth-order valence-corrected chi connectivity index (χ4v) is 1.03. The lowest BCUT2D eigenvalue weighted by atomic mass is 9.96. The summed E-state index contributed by atoms with van der Waals surface area (Å²) in [5.74, 6) is -0.342. The number of aldehydes is 1. The minimum atomic E-state index is -1.53. The van der Waals surface area contributed by atoms with Crippen molar-refractivity contribution >= 4 is 6.29 Å². The van der Waals surface area contributed by atoms with E-state index < -0.39 is 5.60 Å². The van der Waals surface area contributed by atoms with Crippen molar-refractivity contribution in [3.63, 3.8) is 0 Å². The maximum Gasteiger partial charge on any atom is 0.155 e. The van der Waals surface area contributed by atoms with E-state index in [4.69, 9.17) is 0 Å². The van der Waals surface area contributed by atoms with Crippen LogP contribution in [0.1, 0.15) is 18.1 Å². The molecule has 70 valence electrons. The van der Waals surface area contributed by atoms with Crippen LogP contribution in [0, 0.1) is 12.7 Å². The molecule has 0 heterocycles. The number of benzene rings is 1. The first-order valence-electron chi connectivity index (χ1n) is 3.93. The fraction of sp³-hybridized carbons (Fsp3) is 0.300. The number of carbonyl (C=O) groups is 1. The first-order valence-corrected chi connectivity index (χ1v) is 3.93. The predicted molar refractivity (Wildman–Crippen MR) is 46.8 cm³/mol. The van der Waals surface area contributed by atoms with Gasteiger partial charge in [-0.3, -0.25) is 4.79 Å². The Labute approximate surface area is 76.0 Å². The van der Waals surface area contributed by atoms with Gasteiger partial charge in [0, 0.05) is 0 Å². The van der Waals surface area contributed by atoms with Gasteiger partial charge in [0.2, 0.25) is 0 Å². The molecular weight excluding hydrogens is 171 g/mol. The molecule has 1 aromatic rings. The molecule has 0 aromatic heterocycles. The quantitative estimate of drug-likeness (QED) is 0.704. The Kier molecular flexibility index (Phi) is 2.48. The van der Waals surface area contributed by atoms with Crippen LogP contribution < -0.4 is 0 Å². The van der Waals surface area contributed by atoms with E-state index in [2.05, 4.69) is 0 Å². The van der Waals surface area contributed by atoms with Crippen LogP contribution in [0.25, 0.3) is 0 Å². The summed E-state index contributed by atoms with van der Waals surface area (Å²) in [5, 5.41) is 9.52. The highest BCUT2D eigenvalue weighted by atomic mass is 19.1. The zero-order valence-electron chi connectivity index (χ0n) is 7.54. The third kappa shape index (κ3) is 1.92. The normalized spacial score (nSPS) is 15.1. The van der Waals surface area contributed by atoms with Crippen LogP contribution in [0.5, 0.6) is 0 Å². The van der Waals surface area contributed by atoms with Gasteiger partial charge in [0.25, 0.3) is 0 Å². The molecule has 0 aliphatic carbocycles. The summed E-state index contributed by atoms with van der Waals surface area (Å²) in [6.45, 7) is 2.95. The topological polar surface area (TPSA) is 37.3 Å². The van der Waals surface area contributed by atoms with E-state index in [1.807, 2.05) is 0 Å². The predicted octanol–water partition coefficient (Wildman–Crippen LogP) is 1.54. The lowest BCUT2D eigenvalue weighted by Crippen LogP contribution is -2.22. The summed E-state index contributed by atoms with van der Waals surface area (Å²) in [6, 6.07) is 4.10. The summed E-state index contributed by atoms with van der Waals surface area (Å²) in [4.78, 5) is 10.5. The molecule has 0 radical (unpaired) electrons. The Morgan fingerprint density at radius 2 is 2.15 bits per heavy atom. The molecule has 0 spiro atoms. The van der Waals surface area contributed by atoms with Crippen molar-refractivity contribution in [1.29, 1.82) is 0 Å². The second-order valence-electron chi connectivity index (χ2n) is 3.23. The molecular formula is C10H11FO2. The second kappa shape index (κ2) is 3.26. The van der Waals surface area contributed by atoms with Crippen LogP contribution in [0.3, 0.4) is 0 Å². The van der Waals surface area contributed by atoms with E-state index in [0.29, 0.717) is 17.4 Å². The standard InChI is InChI=1S/C10H11FO2/c1-7-5-8(3-4-9(7)11)10(2,13)6-12/h3-6,13H,1-2H3. The zero-order valence-corrected chi connectivity index (χ0v) is 7.54. The number of carbonyl (C=O) groups excluding carboxylic acids is 1. The third-order valence-electron chi connectivity index (χ3n) is 1.97. The minimum Gasteiger partial charge on any atom is -0.378 e. The van der Waals surface area contributed by atoms with Crippen LogP contribution in [-0.2, 0) is 10.4 Å². The van der Waals surface area contributed by atoms with Crippen molar-refractivity contribution < 1.29 is 14.3 Å². The molecule has 0 saturated carbocycles. The number of aliphatic hydroxyl groups is 1. The summed E-state index contributed by atoms with van der Waals surface area (Å²) in [6.07, 6.45) is 0.430. The number of hydrogen-bond acceptors (Lipinski definition) is 2. The molecule has 0 saturated heterocycles. The Hall–Kier alpha value is -1.22. The molecule has 1 aromatic carbocycles. The van der Waals surface area contributed by atoms with Gasteiger partial charge in [-0.2, -0.15) is 0 Å². The highest BCUT2D eigenvalue weighted by Gasteiger charge is 2.22. The van der Waals surface area contributed by atoms with Crippen molar-refractivity contribution in [2.24, 2.45) is 0 Å². The highest BCUT2D eigenvalue weighted by molar-refractivity contribution is 5.65. The van der Waals surface area contributed by atoms with Gasteiger partial charge < -0.3 is 5.11 Å². The first kappa shape index (κ1) is 9.86. The van der Waals surface area contributed by atoms with Gasteiger partial charge in [-0.25, -0.2) is 4.39 Å². The van der Waals surface area contributed by atoms with Crippen LogP contribution in [0.15, 0.2) is 18.2 Å². The smallest absolute Gasteiger partial charge is 0.155 e. The van der Waals surface area contributed by atoms with Gasteiger partial charge in [0.15, 0.2) is 6.29 Å². The summed E-state index contributed by atoms with van der Waals surface area (Å²) in [5.41, 5.74) is -0.709. The van der Waals surface area contributed by atoms with E-state index in [1.54, 1.807) is 6.92 Å². The molecule has 1 rings (SSSR count). The summed E-state index contributed by atoms with van der Waals surface area (Å²) in [7, 11) is 0. The van der Waals surface area contributed by atoms with E-state index >= 15 is 0 Å². The lowest BCUT2D eigenvalue weighted by Gasteiger charge is -2.16. The van der Waals surface area contributed by atoms with E-state index in [0.717, 1.165) is 0 Å². The van der Waals surface area contributed by atoms with Crippen molar-refractivity contribution in [2.75, 3.05) is 0 Å². The maximum atomic E-state index is 12.8. The second-order valence-corrected chi connectivity index (χ2v) is 3.23. The van der Waals surface area contributed by atoms with Crippen LogP contribution >= 0.6 is 0 Å². The molecule has 0 aliphatic rings. The molecule has 2 nitrogen and oxygen atoms in total. The first-order chi connectivity index (χ1) is 5.97. The third-order valence-corrected chi connectivity index (χ3v) is 1.97. The molecule has 0 amide bonds. The molecule has 1 unspecified atom stereocenters. The Morgan fingerprint density at radius 3 is 2.62 bits per heavy atom. The van der Waals surface area contributed by atoms with Crippen molar-refractivity contribution in [3.05, 3.63) is 35.1 Å². The van der Waals surface area contributed by atoms with Gasteiger partial charge in [-0.1, -0.05) is 6.07 Å². The van der Waals surface area contributed by atoms with Crippen molar-refractivity contribution in [1.82, 2.24) is 0 Å².